The number of rotatable bonds is 4. The quantitative estimate of drug-likeness (QED) is 0.878. The maximum absolute atomic E-state index is 13.2. The molecule has 0 aliphatic rings. The number of aliphatic hydroxyl groups excluding tert-OH is 1. The van der Waals surface area contributed by atoms with Crippen molar-refractivity contribution in [1.29, 1.82) is 0 Å². The number of aliphatic hydroxyl groups is 1. The van der Waals surface area contributed by atoms with Crippen LogP contribution >= 0.6 is 0 Å². The zero-order valence-electron chi connectivity index (χ0n) is 10.9. The Labute approximate surface area is 113 Å². The summed E-state index contributed by atoms with van der Waals surface area (Å²) in [7, 11) is 1.39. The SMILES string of the molecule is CCn1ncc(OC)c1C(O)c1cc(F)c(F)c(F)c1. The molecular weight excluding hydrogens is 273 g/mol. The van der Waals surface area contributed by atoms with Gasteiger partial charge in [0.05, 0.1) is 13.3 Å². The third-order valence-corrected chi connectivity index (χ3v) is 2.95. The van der Waals surface area contributed by atoms with Crippen LogP contribution in [0.3, 0.4) is 0 Å². The topological polar surface area (TPSA) is 47.3 Å². The van der Waals surface area contributed by atoms with Crippen molar-refractivity contribution in [2.45, 2.75) is 19.6 Å². The van der Waals surface area contributed by atoms with Crippen LogP contribution in [0.2, 0.25) is 0 Å². The maximum Gasteiger partial charge on any atom is 0.194 e. The molecule has 2 rings (SSSR count). The summed E-state index contributed by atoms with van der Waals surface area (Å²) in [4.78, 5) is 0. The largest absolute Gasteiger partial charge is 0.493 e. The highest BCUT2D eigenvalue weighted by Crippen LogP contribution is 2.31. The first-order valence-electron chi connectivity index (χ1n) is 5.91. The molecule has 4 nitrogen and oxygen atoms in total. The second-order valence-corrected chi connectivity index (χ2v) is 4.12. The van der Waals surface area contributed by atoms with Crippen LogP contribution in [0.1, 0.15) is 24.3 Å². The average molecular weight is 286 g/mol. The van der Waals surface area contributed by atoms with Crippen LogP contribution in [0.25, 0.3) is 0 Å². The lowest BCUT2D eigenvalue weighted by Crippen LogP contribution is -2.11. The van der Waals surface area contributed by atoms with Crippen molar-refractivity contribution < 1.29 is 23.0 Å². The number of nitrogens with zero attached hydrogens (tertiary/aromatic N) is 2. The predicted octanol–water partition coefficient (Wildman–Crippen LogP) is 2.41. The Hall–Kier alpha value is -2.02. The van der Waals surface area contributed by atoms with E-state index in [1.807, 2.05) is 0 Å². The first-order valence-corrected chi connectivity index (χ1v) is 5.91. The van der Waals surface area contributed by atoms with Crippen LogP contribution in [0.4, 0.5) is 13.2 Å². The van der Waals surface area contributed by atoms with E-state index in [0.29, 0.717) is 6.54 Å². The Balaban J connectivity index is 2.51. The average Bonchev–Trinajstić information content (AvgIpc) is 2.86. The van der Waals surface area contributed by atoms with Crippen molar-refractivity contribution in [3.63, 3.8) is 0 Å². The molecule has 7 heteroatoms. The Kier molecular flexibility index (Phi) is 3.99. The van der Waals surface area contributed by atoms with Crippen LogP contribution in [0.5, 0.6) is 5.75 Å². The fraction of sp³-hybridized carbons (Fsp3) is 0.308. The van der Waals surface area contributed by atoms with E-state index in [1.54, 1.807) is 6.92 Å². The molecule has 108 valence electrons. The van der Waals surface area contributed by atoms with Crippen LogP contribution < -0.4 is 4.74 Å². The molecule has 0 spiro atoms. The maximum atomic E-state index is 13.2. The third kappa shape index (κ3) is 2.36. The first-order chi connectivity index (χ1) is 9.49. The van der Waals surface area contributed by atoms with Crippen LogP contribution in [-0.2, 0) is 6.54 Å². The molecule has 0 fully saturated rings. The van der Waals surface area contributed by atoms with Crippen LogP contribution in [0.15, 0.2) is 18.3 Å². The van der Waals surface area contributed by atoms with E-state index in [2.05, 4.69) is 5.10 Å². The lowest BCUT2D eigenvalue weighted by molar-refractivity contribution is 0.201. The molecule has 1 atom stereocenters. The number of halogens is 3. The van der Waals surface area contributed by atoms with E-state index < -0.39 is 23.6 Å². The number of aryl methyl sites for hydroxylation is 1. The van der Waals surface area contributed by atoms with Gasteiger partial charge in [0, 0.05) is 6.54 Å². The molecule has 0 amide bonds. The van der Waals surface area contributed by atoms with Crippen molar-refractivity contribution in [3.05, 3.63) is 47.0 Å². The first kappa shape index (κ1) is 14.4. The minimum atomic E-state index is -1.57. The van der Waals surface area contributed by atoms with Gasteiger partial charge in [-0.25, -0.2) is 13.2 Å². The minimum Gasteiger partial charge on any atom is -0.493 e. The fourth-order valence-corrected chi connectivity index (χ4v) is 1.95. The van der Waals surface area contributed by atoms with E-state index in [-0.39, 0.29) is 17.0 Å². The summed E-state index contributed by atoms with van der Waals surface area (Å²) in [5.41, 5.74) is 0.135. The Bertz CT molecular complexity index is 584. The second-order valence-electron chi connectivity index (χ2n) is 4.12. The van der Waals surface area contributed by atoms with Gasteiger partial charge in [0.2, 0.25) is 0 Å². The van der Waals surface area contributed by atoms with Crippen molar-refractivity contribution >= 4 is 0 Å². The number of ether oxygens (including phenoxy) is 1. The number of benzene rings is 1. The molecule has 1 aromatic carbocycles. The van der Waals surface area contributed by atoms with E-state index in [0.717, 1.165) is 12.1 Å². The van der Waals surface area contributed by atoms with Gasteiger partial charge in [0.15, 0.2) is 23.2 Å². The molecule has 0 radical (unpaired) electrons. The van der Waals surface area contributed by atoms with Crippen LogP contribution in [0, 0.1) is 17.5 Å². The Morgan fingerprint density at radius 2 is 1.90 bits per heavy atom. The summed E-state index contributed by atoms with van der Waals surface area (Å²) in [6.07, 6.45) is 0.00942. The van der Waals surface area contributed by atoms with Gasteiger partial charge >= 0.3 is 0 Å². The highest BCUT2D eigenvalue weighted by atomic mass is 19.2. The van der Waals surface area contributed by atoms with Gasteiger partial charge in [0.25, 0.3) is 0 Å². The highest BCUT2D eigenvalue weighted by molar-refractivity contribution is 5.35. The summed E-state index contributed by atoms with van der Waals surface area (Å²) < 4.78 is 45.9. The van der Waals surface area contributed by atoms with E-state index in [4.69, 9.17) is 4.74 Å². The monoisotopic (exact) mass is 286 g/mol. The fourth-order valence-electron chi connectivity index (χ4n) is 1.95. The lowest BCUT2D eigenvalue weighted by Gasteiger charge is -2.15. The van der Waals surface area contributed by atoms with E-state index >= 15 is 0 Å². The smallest absolute Gasteiger partial charge is 0.194 e. The van der Waals surface area contributed by atoms with Gasteiger partial charge in [-0.3, -0.25) is 4.68 Å². The third-order valence-electron chi connectivity index (χ3n) is 2.95. The number of hydrogen-bond acceptors (Lipinski definition) is 3. The normalized spacial score (nSPS) is 12.5. The number of methoxy groups -OCH3 is 1. The van der Waals surface area contributed by atoms with Crippen molar-refractivity contribution in [2.24, 2.45) is 0 Å². The molecule has 0 aliphatic heterocycles. The second kappa shape index (κ2) is 5.54. The van der Waals surface area contributed by atoms with Crippen molar-refractivity contribution in [1.82, 2.24) is 9.78 Å². The summed E-state index contributed by atoms with van der Waals surface area (Å²) in [6, 6.07) is 1.49. The molecule has 1 unspecified atom stereocenters. The number of aromatic nitrogens is 2. The molecule has 0 bridgehead atoms. The molecule has 0 saturated heterocycles. The van der Waals surface area contributed by atoms with Crippen molar-refractivity contribution in [3.8, 4) is 5.75 Å². The van der Waals surface area contributed by atoms with Gasteiger partial charge in [-0.15, -0.1) is 0 Å². The summed E-state index contributed by atoms with van der Waals surface area (Å²) in [5, 5.41) is 14.2. The molecule has 1 aromatic heterocycles. The molecule has 20 heavy (non-hydrogen) atoms. The zero-order valence-corrected chi connectivity index (χ0v) is 10.9. The molecule has 0 saturated carbocycles. The molecule has 0 aliphatic carbocycles. The van der Waals surface area contributed by atoms with Gasteiger partial charge in [-0.1, -0.05) is 0 Å². The van der Waals surface area contributed by atoms with E-state index in [9.17, 15) is 18.3 Å². The summed E-state index contributed by atoms with van der Waals surface area (Å²) in [6.45, 7) is 2.22. The van der Waals surface area contributed by atoms with Gasteiger partial charge in [-0.2, -0.15) is 5.10 Å². The zero-order chi connectivity index (χ0) is 14.9. The molecule has 1 N–H and O–H groups in total. The molecule has 2 aromatic rings. The van der Waals surface area contributed by atoms with Crippen LogP contribution in [-0.4, -0.2) is 22.0 Å². The van der Waals surface area contributed by atoms with Gasteiger partial charge < -0.3 is 9.84 Å². The summed E-state index contributed by atoms with van der Waals surface area (Å²) in [5.74, 6) is -4.01. The molecular formula is C13H13F3N2O2. The molecule has 1 heterocycles. The van der Waals surface area contributed by atoms with Gasteiger partial charge in [0.1, 0.15) is 11.8 Å². The minimum absolute atomic E-state index is 0.116. The Morgan fingerprint density at radius 3 is 2.40 bits per heavy atom. The highest BCUT2D eigenvalue weighted by Gasteiger charge is 2.23. The summed E-state index contributed by atoms with van der Waals surface area (Å²) >= 11 is 0. The predicted molar refractivity (Wildman–Crippen MR) is 64.8 cm³/mol. The number of hydrogen-bond donors (Lipinski definition) is 1. The Morgan fingerprint density at radius 1 is 1.30 bits per heavy atom. The van der Waals surface area contributed by atoms with E-state index in [1.165, 1.54) is 18.0 Å². The lowest BCUT2D eigenvalue weighted by atomic mass is 10.1. The van der Waals surface area contributed by atoms with Crippen molar-refractivity contribution in [2.75, 3.05) is 7.11 Å². The standard InChI is InChI=1S/C13H13F3N2O2/c1-3-18-12(10(20-2)6-17-18)13(19)7-4-8(14)11(16)9(15)5-7/h4-6,13,19H,3H2,1-2H3. The van der Waals surface area contributed by atoms with Gasteiger partial charge in [-0.05, 0) is 24.6 Å².